The molecule has 1 atom stereocenters. The number of halogens is 1. The Hall–Kier alpha value is -1.05. The molecule has 0 saturated heterocycles. The average molecular weight is 215 g/mol. The molecule has 3 nitrogen and oxygen atoms in total. The van der Waals surface area contributed by atoms with Gasteiger partial charge in [-0.05, 0) is 11.4 Å². The normalized spacial score (nSPS) is 11.7. The van der Waals surface area contributed by atoms with Crippen molar-refractivity contribution in [3.63, 3.8) is 0 Å². The molecule has 1 aromatic heterocycles. The number of nitrogens with one attached hydrogen (secondary N) is 1. The van der Waals surface area contributed by atoms with E-state index in [9.17, 15) is 4.79 Å². The van der Waals surface area contributed by atoms with Gasteiger partial charge in [-0.3, -0.25) is 4.79 Å². The summed E-state index contributed by atoms with van der Waals surface area (Å²) in [4.78, 5) is 11.7. The fraction of sp³-hybridized carbons (Fsp3) is 0.250. The van der Waals surface area contributed by atoms with Gasteiger partial charge in [-0.25, -0.2) is 0 Å². The largest absolute Gasteiger partial charge is 0.335 e. The van der Waals surface area contributed by atoms with Crippen LogP contribution in [0.1, 0.15) is 10.9 Å². The third-order valence-electron chi connectivity index (χ3n) is 1.38. The topological polar surface area (TPSA) is 52.9 Å². The highest BCUT2D eigenvalue weighted by molar-refractivity contribution is 7.10. The molecule has 0 saturated carbocycles. The summed E-state index contributed by atoms with van der Waals surface area (Å²) in [5, 5.41) is 13.1. The number of nitriles is 1. The summed E-state index contributed by atoms with van der Waals surface area (Å²) >= 11 is 6.72. The molecule has 0 bridgehead atoms. The first-order valence-electron chi connectivity index (χ1n) is 3.56. The maximum atomic E-state index is 10.9. The summed E-state index contributed by atoms with van der Waals surface area (Å²) in [6.45, 7) is 0. The van der Waals surface area contributed by atoms with Crippen LogP contribution >= 0.6 is 22.9 Å². The first kappa shape index (κ1) is 10.0. The zero-order valence-corrected chi connectivity index (χ0v) is 8.23. The van der Waals surface area contributed by atoms with Crippen LogP contribution in [0, 0.1) is 11.3 Å². The molecule has 0 spiro atoms. The summed E-state index contributed by atoms with van der Waals surface area (Å²) in [5.41, 5.74) is 0. The van der Waals surface area contributed by atoms with Crippen molar-refractivity contribution in [1.29, 1.82) is 5.26 Å². The summed E-state index contributed by atoms with van der Waals surface area (Å²) in [6, 6.07) is 5.04. The predicted molar refractivity (Wildman–Crippen MR) is 51.5 cm³/mol. The van der Waals surface area contributed by atoms with E-state index in [0.717, 1.165) is 4.88 Å². The fourth-order valence-corrected chi connectivity index (χ4v) is 1.62. The molecule has 1 heterocycles. The summed E-state index contributed by atoms with van der Waals surface area (Å²) in [6.07, 6.45) is 0. The monoisotopic (exact) mass is 214 g/mol. The summed E-state index contributed by atoms with van der Waals surface area (Å²) in [7, 11) is 0. The van der Waals surface area contributed by atoms with Gasteiger partial charge >= 0.3 is 0 Å². The number of carbonyl (C=O) groups is 1. The fourth-order valence-electron chi connectivity index (χ4n) is 0.822. The molecular formula is C8H7ClN2OS. The Kier molecular flexibility index (Phi) is 3.74. The minimum absolute atomic E-state index is 0.121. The van der Waals surface area contributed by atoms with Gasteiger partial charge in [-0.2, -0.15) is 5.26 Å². The van der Waals surface area contributed by atoms with Crippen molar-refractivity contribution in [3.8, 4) is 6.07 Å². The number of nitrogens with zero attached hydrogens (tertiary/aromatic N) is 1. The van der Waals surface area contributed by atoms with E-state index in [1.54, 1.807) is 6.07 Å². The van der Waals surface area contributed by atoms with Crippen molar-refractivity contribution < 1.29 is 4.79 Å². The maximum Gasteiger partial charge on any atom is 0.236 e. The second-order valence-electron chi connectivity index (χ2n) is 2.28. The molecule has 1 amide bonds. The molecule has 1 N–H and O–H groups in total. The van der Waals surface area contributed by atoms with Gasteiger partial charge in [0.2, 0.25) is 5.91 Å². The average Bonchev–Trinajstić information content (AvgIpc) is 2.66. The van der Waals surface area contributed by atoms with Crippen LogP contribution in [-0.4, -0.2) is 11.8 Å². The van der Waals surface area contributed by atoms with E-state index in [4.69, 9.17) is 16.9 Å². The Labute approximate surface area is 84.9 Å². The minimum atomic E-state index is -0.578. The lowest BCUT2D eigenvalue weighted by molar-refractivity contribution is -0.119. The van der Waals surface area contributed by atoms with Gasteiger partial charge in [0.15, 0.2) is 6.04 Å². The highest BCUT2D eigenvalue weighted by Crippen LogP contribution is 2.17. The lowest BCUT2D eigenvalue weighted by Crippen LogP contribution is -2.27. The molecule has 0 aliphatic heterocycles. The molecule has 0 radical (unpaired) electrons. The van der Waals surface area contributed by atoms with E-state index >= 15 is 0 Å². The van der Waals surface area contributed by atoms with Crippen molar-refractivity contribution in [2.75, 3.05) is 5.88 Å². The van der Waals surface area contributed by atoms with E-state index in [2.05, 4.69) is 5.32 Å². The number of rotatable bonds is 3. The van der Waals surface area contributed by atoms with Gasteiger partial charge in [-0.15, -0.1) is 22.9 Å². The predicted octanol–water partition coefficient (Wildman–Crippen LogP) is 1.67. The molecule has 0 aliphatic rings. The molecule has 1 rings (SSSR count). The molecular weight excluding hydrogens is 208 g/mol. The van der Waals surface area contributed by atoms with Gasteiger partial charge in [-0.1, -0.05) is 6.07 Å². The zero-order valence-electron chi connectivity index (χ0n) is 6.66. The van der Waals surface area contributed by atoms with Crippen LogP contribution in [0.15, 0.2) is 17.5 Å². The van der Waals surface area contributed by atoms with Gasteiger partial charge in [0.1, 0.15) is 5.88 Å². The van der Waals surface area contributed by atoms with Crippen molar-refractivity contribution in [2.24, 2.45) is 0 Å². The van der Waals surface area contributed by atoms with Gasteiger partial charge in [0.05, 0.1) is 6.07 Å². The van der Waals surface area contributed by atoms with Crippen molar-refractivity contribution in [2.45, 2.75) is 6.04 Å². The van der Waals surface area contributed by atoms with Crippen LogP contribution in [0.5, 0.6) is 0 Å². The Morgan fingerprint density at radius 1 is 1.85 bits per heavy atom. The quantitative estimate of drug-likeness (QED) is 0.779. The van der Waals surface area contributed by atoms with Crippen LogP contribution in [-0.2, 0) is 4.79 Å². The second-order valence-corrected chi connectivity index (χ2v) is 3.53. The van der Waals surface area contributed by atoms with E-state index in [1.165, 1.54) is 11.3 Å². The van der Waals surface area contributed by atoms with E-state index < -0.39 is 6.04 Å². The summed E-state index contributed by atoms with van der Waals surface area (Å²) in [5.74, 6) is -0.453. The molecule has 0 fully saturated rings. The SMILES string of the molecule is N#CC(NC(=O)CCl)c1cccs1. The lowest BCUT2D eigenvalue weighted by Gasteiger charge is -2.07. The number of carbonyl (C=O) groups excluding carboxylic acids is 1. The number of amides is 1. The molecule has 5 heteroatoms. The van der Waals surface area contributed by atoms with Gasteiger partial charge < -0.3 is 5.32 Å². The van der Waals surface area contributed by atoms with Crippen molar-refractivity contribution in [3.05, 3.63) is 22.4 Å². The van der Waals surface area contributed by atoms with Crippen LogP contribution in [0.2, 0.25) is 0 Å². The molecule has 0 aliphatic carbocycles. The van der Waals surface area contributed by atoms with Crippen LogP contribution in [0.25, 0.3) is 0 Å². The Morgan fingerprint density at radius 3 is 3.08 bits per heavy atom. The molecule has 68 valence electrons. The first-order valence-corrected chi connectivity index (χ1v) is 4.97. The number of alkyl halides is 1. The van der Waals surface area contributed by atoms with E-state index in [0.29, 0.717) is 0 Å². The van der Waals surface area contributed by atoms with Crippen molar-refractivity contribution >= 4 is 28.8 Å². The first-order chi connectivity index (χ1) is 6.27. The summed E-state index contributed by atoms with van der Waals surface area (Å²) < 4.78 is 0. The Bertz CT molecular complexity index is 317. The smallest absolute Gasteiger partial charge is 0.236 e. The highest BCUT2D eigenvalue weighted by Gasteiger charge is 2.13. The van der Waals surface area contributed by atoms with Crippen molar-refractivity contribution in [1.82, 2.24) is 5.32 Å². The Balaban J connectivity index is 2.66. The Morgan fingerprint density at radius 2 is 2.62 bits per heavy atom. The van der Waals surface area contributed by atoms with Crippen LogP contribution in [0.3, 0.4) is 0 Å². The third-order valence-corrected chi connectivity index (χ3v) is 2.56. The maximum absolute atomic E-state index is 10.9. The zero-order chi connectivity index (χ0) is 9.68. The standard InChI is InChI=1S/C8H7ClN2OS/c9-4-8(12)11-6(5-10)7-2-1-3-13-7/h1-3,6H,4H2,(H,11,12). The van der Waals surface area contributed by atoms with Gasteiger partial charge in [0, 0.05) is 4.88 Å². The molecule has 1 unspecified atom stereocenters. The third kappa shape index (κ3) is 2.72. The van der Waals surface area contributed by atoms with E-state index in [-0.39, 0.29) is 11.8 Å². The van der Waals surface area contributed by atoms with Crippen LogP contribution < -0.4 is 5.32 Å². The van der Waals surface area contributed by atoms with E-state index in [1.807, 2.05) is 17.5 Å². The van der Waals surface area contributed by atoms with Crippen LogP contribution in [0.4, 0.5) is 0 Å². The molecule has 1 aromatic rings. The lowest BCUT2D eigenvalue weighted by atomic mass is 10.2. The number of hydrogen-bond acceptors (Lipinski definition) is 3. The second kappa shape index (κ2) is 4.85. The minimum Gasteiger partial charge on any atom is -0.335 e. The van der Waals surface area contributed by atoms with Gasteiger partial charge in [0.25, 0.3) is 0 Å². The number of hydrogen-bond donors (Lipinski definition) is 1. The number of thiophene rings is 1. The highest BCUT2D eigenvalue weighted by atomic mass is 35.5. The molecule has 13 heavy (non-hydrogen) atoms. The molecule has 0 aromatic carbocycles.